The second-order valence-corrected chi connectivity index (χ2v) is 2.45. The van der Waals surface area contributed by atoms with Crippen molar-refractivity contribution >= 4 is 17.5 Å². The van der Waals surface area contributed by atoms with Gasteiger partial charge in [-0.2, -0.15) is 0 Å². The van der Waals surface area contributed by atoms with E-state index in [0.717, 1.165) is 0 Å². The van der Waals surface area contributed by atoms with Gasteiger partial charge in [0.1, 0.15) is 5.71 Å². The molecule has 0 aliphatic carbocycles. The van der Waals surface area contributed by atoms with Crippen molar-refractivity contribution in [3.63, 3.8) is 0 Å². The van der Waals surface area contributed by atoms with Gasteiger partial charge in [0.15, 0.2) is 0 Å². The van der Waals surface area contributed by atoms with Crippen LogP contribution < -0.4 is 0 Å². The van der Waals surface area contributed by atoms with Gasteiger partial charge in [-0.3, -0.25) is 14.6 Å². The van der Waals surface area contributed by atoms with Gasteiger partial charge in [-0.05, 0) is 6.42 Å². The van der Waals surface area contributed by atoms with Crippen LogP contribution in [0.1, 0.15) is 6.42 Å². The smallest absolute Gasteiger partial charge is 0.278 e. The van der Waals surface area contributed by atoms with Crippen molar-refractivity contribution in [3.05, 3.63) is 11.6 Å². The quantitative estimate of drug-likeness (QED) is 0.514. The highest BCUT2D eigenvalue weighted by molar-refractivity contribution is 6.53. The molecule has 12 heavy (non-hydrogen) atoms. The Hall–Kier alpha value is -1.65. The van der Waals surface area contributed by atoms with E-state index in [0.29, 0.717) is 18.5 Å². The lowest BCUT2D eigenvalue weighted by atomic mass is 10.0. The Labute approximate surface area is 67.9 Å². The van der Waals surface area contributed by atoms with Gasteiger partial charge in [0, 0.05) is 6.54 Å². The van der Waals surface area contributed by atoms with Crippen molar-refractivity contribution in [2.24, 2.45) is 15.2 Å². The maximum Gasteiger partial charge on any atom is 0.314 e. The molecule has 5 nitrogen and oxygen atoms in total. The molecule has 2 heterocycles. The van der Waals surface area contributed by atoms with Crippen LogP contribution in [0.2, 0.25) is 0 Å². The number of fused-ring (bicyclic) bond motifs is 1. The third kappa shape index (κ3) is 0.903. The minimum absolute atomic E-state index is 0.168. The van der Waals surface area contributed by atoms with E-state index in [2.05, 4.69) is 15.2 Å². The number of rotatable bonds is 0. The molecule has 2 amide bonds. The highest BCUT2D eigenvalue weighted by Gasteiger charge is 2.28. The Morgan fingerprint density at radius 2 is 1.92 bits per heavy atom. The van der Waals surface area contributed by atoms with Crippen LogP contribution in [-0.4, -0.2) is 24.1 Å². The van der Waals surface area contributed by atoms with Crippen molar-refractivity contribution in [1.29, 1.82) is 0 Å². The molecule has 0 unspecified atom stereocenters. The van der Waals surface area contributed by atoms with Gasteiger partial charge >= 0.3 is 5.91 Å². The molecule has 5 heteroatoms. The highest BCUT2D eigenvalue weighted by Crippen LogP contribution is 2.14. The minimum atomic E-state index is -0.513. The number of amides is 2. The molecular formula is C7H5N3O2. The zero-order valence-corrected chi connectivity index (χ0v) is 6.15. The fraction of sp³-hybridized carbons (Fsp3) is 0.286. The SMILES string of the molecule is O=C1N=NC(=O)C2=NCCC=C12. The van der Waals surface area contributed by atoms with E-state index in [1.54, 1.807) is 6.08 Å². The molecule has 0 N–H and O–H groups in total. The standard InChI is InChI=1S/C7H5N3O2/c11-6-4-2-1-3-8-5(4)7(12)10-9-6/h2H,1,3H2. The van der Waals surface area contributed by atoms with E-state index in [-0.39, 0.29) is 5.71 Å². The van der Waals surface area contributed by atoms with Gasteiger partial charge in [-0.15, -0.1) is 10.2 Å². The maximum atomic E-state index is 11.0. The van der Waals surface area contributed by atoms with E-state index >= 15 is 0 Å². The van der Waals surface area contributed by atoms with Gasteiger partial charge in [0.25, 0.3) is 5.91 Å². The molecule has 0 saturated carbocycles. The van der Waals surface area contributed by atoms with Crippen molar-refractivity contribution in [3.8, 4) is 0 Å². The molecule has 0 radical (unpaired) electrons. The lowest BCUT2D eigenvalue weighted by molar-refractivity contribution is -0.118. The Bertz CT molecular complexity index is 318. The Kier molecular flexibility index (Phi) is 1.43. The topological polar surface area (TPSA) is 71.2 Å². The summed E-state index contributed by atoms with van der Waals surface area (Å²) in [5, 5.41) is 6.34. The van der Waals surface area contributed by atoms with Crippen LogP contribution in [0.3, 0.4) is 0 Å². The van der Waals surface area contributed by atoms with E-state index in [1.165, 1.54) is 0 Å². The molecule has 2 rings (SSSR count). The van der Waals surface area contributed by atoms with Crippen LogP contribution in [0.25, 0.3) is 0 Å². The zero-order valence-electron chi connectivity index (χ0n) is 6.15. The average Bonchev–Trinajstić information content (AvgIpc) is 2.12. The van der Waals surface area contributed by atoms with Crippen LogP contribution in [0.4, 0.5) is 0 Å². The normalized spacial score (nSPS) is 21.7. The fourth-order valence-corrected chi connectivity index (χ4v) is 1.13. The molecule has 2 aliphatic rings. The molecule has 0 atom stereocenters. The summed E-state index contributed by atoms with van der Waals surface area (Å²) < 4.78 is 0. The number of dihydropyridines is 1. The van der Waals surface area contributed by atoms with Gasteiger partial charge in [-0.1, -0.05) is 6.08 Å². The molecular weight excluding hydrogens is 158 g/mol. The molecule has 0 aromatic carbocycles. The van der Waals surface area contributed by atoms with Crippen molar-refractivity contribution in [1.82, 2.24) is 0 Å². The first-order valence-corrected chi connectivity index (χ1v) is 3.54. The molecule has 0 bridgehead atoms. The average molecular weight is 163 g/mol. The van der Waals surface area contributed by atoms with E-state index in [1.807, 2.05) is 0 Å². The highest BCUT2D eigenvalue weighted by atomic mass is 16.2. The van der Waals surface area contributed by atoms with Crippen molar-refractivity contribution in [2.75, 3.05) is 6.54 Å². The fourth-order valence-electron chi connectivity index (χ4n) is 1.13. The summed E-state index contributed by atoms with van der Waals surface area (Å²) in [5.41, 5.74) is 0.475. The first-order chi connectivity index (χ1) is 5.79. The second-order valence-electron chi connectivity index (χ2n) is 2.45. The molecule has 2 aliphatic heterocycles. The summed E-state index contributed by atoms with van der Waals surface area (Å²) in [5.74, 6) is -0.978. The Balaban J connectivity index is 2.53. The predicted octanol–water partition coefficient (Wildman–Crippen LogP) is 0.277. The van der Waals surface area contributed by atoms with E-state index in [9.17, 15) is 9.59 Å². The van der Waals surface area contributed by atoms with Crippen molar-refractivity contribution < 1.29 is 9.59 Å². The lowest BCUT2D eigenvalue weighted by Crippen LogP contribution is -2.25. The van der Waals surface area contributed by atoms with E-state index < -0.39 is 11.8 Å². The number of aliphatic imine (C=N–C) groups is 1. The number of nitrogens with zero attached hydrogens (tertiary/aromatic N) is 3. The molecule has 0 aromatic rings. The first-order valence-electron chi connectivity index (χ1n) is 3.54. The summed E-state index contributed by atoms with van der Waals surface area (Å²) in [7, 11) is 0. The largest absolute Gasteiger partial charge is 0.314 e. The number of carbonyl (C=O) groups excluding carboxylic acids is 2. The maximum absolute atomic E-state index is 11.0. The zero-order chi connectivity index (χ0) is 8.55. The van der Waals surface area contributed by atoms with Crippen LogP contribution in [-0.2, 0) is 9.59 Å². The van der Waals surface area contributed by atoms with Crippen LogP contribution in [0.15, 0.2) is 26.9 Å². The minimum Gasteiger partial charge on any atom is -0.278 e. The van der Waals surface area contributed by atoms with E-state index in [4.69, 9.17) is 0 Å². The number of carbonyl (C=O) groups is 2. The van der Waals surface area contributed by atoms with Gasteiger partial charge in [-0.25, -0.2) is 0 Å². The molecule has 0 saturated heterocycles. The second kappa shape index (κ2) is 2.44. The third-order valence-corrected chi connectivity index (χ3v) is 1.67. The van der Waals surface area contributed by atoms with Crippen LogP contribution in [0.5, 0.6) is 0 Å². The Morgan fingerprint density at radius 1 is 1.17 bits per heavy atom. The molecule has 60 valence electrons. The molecule has 0 aromatic heterocycles. The summed E-state index contributed by atoms with van der Waals surface area (Å²) in [6, 6.07) is 0. The van der Waals surface area contributed by atoms with Crippen LogP contribution in [0, 0.1) is 0 Å². The first kappa shape index (κ1) is 7.02. The number of azo groups is 1. The van der Waals surface area contributed by atoms with Crippen molar-refractivity contribution in [2.45, 2.75) is 6.42 Å². The Morgan fingerprint density at radius 3 is 2.67 bits per heavy atom. The van der Waals surface area contributed by atoms with Crippen LogP contribution >= 0.6 is 0 Å². The number of hydrogen-bond acceptors (Lipinski definition) is 3. The summed E-state index contributed by atoms with van der Waals surface area (Å²) in [4.78, 5) is 25.9. The predicted molar refractivity (Wildman–Crippen MR) is 39.9 cm³/mol. The summed E-state index contributed by atoms with van der Waals surface area (Å²) in [6.07, 6.45) is 2.37. The number of hydrogen-bond donors (Lipinski definition) is 0. The lowest BCUT2D eigenvalue weighted by Gasteiger charge is -2.11. The monoisotopic (exact) mass is 163 g/mol. The molecule has 0 fully saturated rings. The van der Waals surface area contributed by atoms with Gasteiger partial charge in [0.2, 0.25) is 0 Å². The molecule has 0 spiro atoms. The van der Waals surface area contributed by atoms with Gasteiger partial charge < -0.3 is 0 Å². The van der Waals surface area contributed by atoms with Gasteiger partial charge in [0.05, 0.1) is 5.57 Å². The third-order valence-electron chi connectivity index (χ3n) is 1.67. The summed E-state index contributed by atoms with van der Waals surface area (Å²) in [6.45, 7) is 0.549. The summed E-state index contributed by atoms with van der Waals surface area (Å²) >= 11 is 0.